The van der Waals surface area contributed by atoms with Gasteiger partial charge in [-0.3, -0.25) is 4.79 Å². The molecular formula is C16H23BrO3. The molecule has 0 amide bonds. The summed E-state index contributed by atoms with van der Waals surface area (Å²) in [4.78, 5) is 11.8. The minimum absolute atomic E-state index is 0.0206. The van der Waals surface area contributed by atoms with E-state index in [1.165, 1.54) is 0 Å². The second kappa shape index (κ2) is 7.67. The number of Topliss-reactive ketones (excluding diaryl/α,β-unsaturated/α-hetero) is 1. The van der Waals surface area contributed by atoms with Crippen molar-refractivity contribution in [1.82, 2.24) is 0 Å². The fourth-order valence-electron chi connectivity index (χ4n) is 1.62. The largest absolute Gasteiger partial charge is 0.494 e. The number of hydrogen-bond acceptors (Lipinski definition) is 3. The van der Waals surface area contributed by atoms with E-state index in [0.29, 0.717) is 35.6 Å². The Balaban J connectivity index is 2.83. The van der Waals surface area contributed by atoms with E-state index in [0.717, 1.165) is 6.42 Å². The zero-order valence-electron chi connectivity index (χ0n) is 12.7. The number of carbonyl (C=O) groups is 1. The highest BCUT2D eigenvalue weighted by atomic mass is 79.9. The molecule has 1 rings (SSSR count). The summed E-state index contributed by atoms with van der Waals surface area (Å²) in [7, 11) is 0. The second-order valence-electron chi connectivity index (χ2n) is 5.84. The van der Waals surface area contributed by atoms with Crippen LogP contribution in [0.5, 0.6) is 11.5 Å². The first-order valence-electron chi connectivity index (χ1n) is 6.85. The van der Waals surface area contributed by atoms with Crippen LogP contribution in [0, 0.1) is 5.41 Å². The predicted molar refractivity (Wildman–Crippen MR) is 85.3 cm³/mol. The number of benzene rings is 1. The van der Waals surface area contributed by atoms with Crippen molar-refractivity contribution in [2.45, 2.75) is 34.1 Å². The van der Waals surface area contributed by atoms with Gasteiger partial charge in [-0.15, -0.1) is 0 Å². The van der Waals surface area contributed by atoms with Crippen LogP contribution < -0.4 is 9.47 Å². The summed E-state index contributed by atoms with van der Waals surface area (Å²) < 4.78 is 11.2. The lowest BCUT2D eigenvalue weighted by molar-refractivity contribution is 0.102. The van der Waals surface area contributed by atoms with Crippen molar-refractivity contribution in [1.29, 1.82) is 0 Å². The Labute approximate surface area is 129 Å². The van der Waals surface area contributed by atoms with Crippen molar-refractivity contribution in [3.05, 3.63) is 23.8 Å². The van der Waals surface area contributed by atoms with Crippen molar-refractivity contribution in [2.24, 2.45) is 5.41 Å². The maximum Gasteiger partial charge on any atom is 0.173 e. The van der Waals surface area contributed by atoms with E-state index in [2.05, 4.69) is 36.7 Å². The molecule has 1 aromatic rings. The van der Waals surface area contributed by atoms with Crippen molar-refractivity contribution in [2.75, 3.05) is 18.5 Å². The normalized spacial score (nSPS) is 11.2. The van der Waals surface area contributed by atoms with Gasteiger partial charge < -0.3 is 9.47 Å². The summed E-state index contributed by atoms with van der Waals surface area (Å²) in [6.45, 7) is 9.62. The fourth-order valence-corrected chi connectivity index (χ4v) is 1.94. The predicted octanol–water partition coefficient (Wildman–Crippen LogP) is 4.48. The first-order valence-corrected chi connectivity index (χ1v) is 7.97. The van der Waals surface area contributed by atoms with Gasteiger partial charge in [0.1, 0.15) is 11.5 Å². The van der Waals surface area contributed by atoms with E-state index in [4.69, 9.17) is 9.47 Å². The van der Waals surface area contributed by atoms with Gasteiger partial charge in [0.25, 0.3) is 0 Å². The van der Waals surface area contributed by atoms with Crippen molar-refractivity contribution < 1.29 is 14.3 Å². The zero-order valence-corrected chi connectivity index (χ0v) is 14.2. The first kappa shape index (κ1) is 17.0. The van der Waals surface area contributed by atoms with E-state index in [-0.39, 0.29) is 11.2 Å². The Bertz CT molecular complexity index is 450. The highest BCUT2D eigenvalue weighted by molar-refractivity contribution is 9.09. The number of ketones is 1. The first-order chi connectivity index (χ1) is 9.35. The average Bonchev–Trinajstić information content (AvgIpc) is 2.36. The summed E-state index contributed by atoms with van der Waals surface area (Å²) in [6.07, 6.45) is 0.952. The molecule has 0 fully saturated rings. The van der Waals surface area contributed by atoms with Crippen LogP contribution in [0.1, 0.15) is 44.5 Å². The molecule has 0 aliphatic rings. The van der Waals surface area contributed by atoms with Crippen LogP contribution in [0.4, 0.5) is 0 Å². The van der Waals surface area contributed by atoms with E-state index in [1.54, 1.807) is 12.1 Å². The van der Waals surface area contributed by atoms with Crippen LogP contribution in [0.15, 0.2) is 18.2 Å². The molecule has 1 aromatic carbocycles. The van der Waals surface area contributed by atoms with Gasteiger partial charge in [0, 0.05) is 11.6 Å². The van der Waals surface area contributed by atoms with Gasteiger partial charge >= 0.3 is 0 Å². The minimum Gasteiger partial charge on any atom is -0.494 e. The average molecular weight is 343 g/mol. The molecule has 0 spiro atoms. The molecule has 4 heteroatoms. The van der Waals surface area contributed by atoms with E-state index >= 15 is 0 Å². The van der Waals surface area contributed by atoms with Crippen LogP contribution in [-0.4, -0.2) is 24.3 Å². The number of rotatable bonds is 7. The molecular weight excluding hydrogens is 320 g/mol. The zero-order chi connectivity index (χ0) is 15.2. The molecule has 0 N–H and O–H groups in total. The monoisotopic (exact) mass is 342 g/mol. The maximum absolute atomic E-state index is 11.8. The molecule has 3 nitrogen and oxygen atoms in total. The third kappa shape index (κ3) is 5.95. The molecule has 0 saturated carbocycles. The van der Waals surface area contributed by atoms with Gasteiger partial charge in [0.15, 0.2) is 5.78 Å². The highest BCUT2D eigenvalue weighted by Gasteiger charge is 2.12. The molecule has 0 aliphatic carbocycles. The molecule has 0 radical (unpaired) electrons. The van der Waals surface area contributed by atoms with Gasteiger partial charge in [-0.25, -0.2) is 0 Å². The SMILES string of the molecule is CCOc1cc(OCCC(C)(C)C)cc(C(=O)CBr)c1. The number of ether oxygens (including phenoxy) is 2. The Hall–Kier alpha value is -1.03. The summed E-state index contributed by atoms with van der Waals surface area (Å²) >= 11 is 3.19. The van der Waals surface area contributed by atoms with E-state index in [9.17, 15) is 4.79 Å². The molecule has 0 heterocycles. The van der Waals surface area contributed by atoms with Gasteiger partial charge in [-0.05, 0) is 30.9 Å². The van der Waals surface area contributed by atoms with Gasteiger partial charge in [0.05, 0.1) is 18.5 Å². The van der Waals surface area contributed by atoms with Crippen LogP contribution in [0.25, 0.3) is 0 Å². The van der Waals surface area contributed by atoms with Crippen molar-refractivity contribution in [3.8, 4) is 11.5 Å². The number of carbonyl (C=O) groups excluding carboxylic acids is 1. The minimum atomic E-state index is 0.0206. The Morgan fingerprint density at radius 1 is 1.15 bits per heavy atom. The third-order valence-electron chi connectivity index (χ3n) is 2.76. The number of halogens is 1. The van der Waals surface area contributed by atoms with Crippen LogP contribution in [0.3, 0.4) is 0 Å². The molecule has 0 atom stereocenters. The smallest absolute Gasteiger partial charge is 0.173 e. The molecule has 20 heavy (non-hydrogen) atoms. The Morgan fingerprint density at radius 3 is 2.25 bits per heavy atom. The third-order valence-corrected chi connectivity index (χ3v) is 3.26. The molecule has 0 saturated heterocycles. The Kier molecular flexibility index (Phi) is 6.53. The van der Waals surface area contributed by atoms with Crippen LogP contribution in [-0.2, 0) is 0 Å². The lowest BCUT2D eigenvalue weighted by Crippen LogP contribution is -2.11. The van der Waals surface area contributed by atoms with Gasteiger partial charge in [-0.1, -0.05) is 36.7 Å². The number of hydrogen-bond donors (Lipinski definition) is 0. The topological polar surface area (TPSA) is 35.5 Å². The molecule has 0 aliphatic heterocycles. The summed E-state index contributed by atoms with van der Waals surface area (Å²) in [5, 5.41) is 0.296. The molecule has 0 bridgehead atoms. The van der Waals surface area contributed by atoms with Crippen LogP contribution in [0.2, 0.25) is 0 Å². The summed E-state index contributed by atoms with van der Waals surface area (Å²) in [5.41, 5.74) is 0.838. The van der Waals surface area contributed by atoms with Gasteiger partial charge in [0.2, 0.25) is 0 Å². The van der Waals surface area contributed by atoms with Gasteiger partial charge in [-0.2, -0.15) is 0 Å². The molecule has 0 aromatic heterocycles. The molecule has 112 valence electrons. The maximum atomic E-state index is 11.8. The van der Waals surface area contributed by atoms with E-state index in [1.807, 2.05) is 13.0 Å². The lowest BCUT2D eigenvalue weighted by Gasteiger charge is -2.18. The van der Waals surface area contributed by atoms with E-state index < -0.39 is 0 Å². The Morgan fingerprint density at radius 2 is 1.75 bits per heavy atom. The highest BCUT2D eigenvalue weighted by Crippen LogP contribution is 2.25. The van der Waals surface area contributed by atoms with Crippen molar-refractivity contribution >= 4 is 21.7 Å². The van der Waals surface area contributed by atoms with Crippen LogP contribution >= 0.6 is 15.9 Å². The second-order valence-corrected chi connectivity index (χ2v) is 6.40. The standard InChI is InChI=1S/C16H23BrO3/c1-5-19-13-8-12(15(18)11-17)9-14(10-13)20-7-6-16(2,3)4/h8-10H,5-7,11H2,1-4H3. The fraction of sp³-hybridized carbons (Fsp3) is 0.562. The summed E-state index contributed by atoms with van der Waals surface area (Å²) in [5.74, 6) is 1.38. The summed E-state index contributed by atoms with van der Waals surface area (Å²) in [6, 6.07) is 5.36. The quantitative estimate of drug-likeness (QED) is 0.541. The van der Waals surface area contributed by atoms with Crippen molar-refractivity contribution in [3.63, 3.8) is 0 Å². The lowest BCUT2D eigenvalue weighted by atomic mass is 9.93. The molecule has 0 unspecified atom stereocenters. The number of alkyl halides is 1.